The Balaban J connectivity index is 5.21. The Hall–Kier alpha value is -1.94. The second kappa shape index (κ2) is 82.6. The molecule has 0 aliphatic heterocycles. The van der Waals surface area contributed by atoms with Crippen LogP contribution in [0.4, 0.5) is 0 Å². The lowest BCUT2D eigenvalue weighted by molar-refractivity contribution is -0.161. The maximum absolute atomic E-state index is 13.2. The predicted octanol–water partition coefficient (Wildman–Crippen LogP) is 27.9. The summed E-state index contributed by atoms with van der Waals surface area (Å²) in [6.07, 6.45) is 78.0. The lowest BCUT2D eigenvalue weighted by Crippen LogP contribution is -2.30. The molecule has 0 heterocycles. The Morgan fingerprint density at radius 3 is 0.624 bits per heavy atom. The number of aliphatic hydroxyl groups is 1. The highest BCUT2D eigenvalue weighted by Gasteiger charge is 2.31. The van der Waals surface area contributed by atoms with E-state index in [4.69, 9.17) is 37.0 Å². The highest BCUT2D eigenvalue weighted by Crippen LogP contribution is 2.45. The van der Waals surface area contributed by atoms with E-state index >= 15 is 0 Å². The zero-order valence-corrected chi connectivity index (χ0v) is 73.5. The largest absolute Gasteiger partial charge is 0.472 e. The third-order valence-corrected chi connectivity index (χ3v) is 23.2. The number of carbonyl (C=O) groups excluding carboxylic acids is 4. The topological polar surface area (TPSA) is 237 Å². The molecule has 0 saturated carbocycles. The Labute approximate surface area is 670 Å². The van der Waals surface area contributed by atoms with E-state index in [1.807, 2.05) is 0 Å². The molecule has 648 valence electrons. The minimum atomic E-state index is -4.97. The molecule has 0 amide bonds. The van der Waals surface area contributed by atoms with Crippen molar-refractivity contribution in [3.8, 4) is 0 Å². The predicted molar refractivity (Wildman–Crippen MR) is 451 cm³/mol. The van der Waals surface area contributed by atoms with E-state index in [1.165, 1.54) is 315 Å². The summed E-state index contributed by atoms with van der Waals surface area (Å²) in [5.41, 5.74) is 0. The Kier molecular flexibility index (Phi) is 81.1. The van der Waals surface area contributed by atoms with Gasteiger partial charge in [-0.1, -0.05) is 439 Å². The SMILES string of the molecule is CCCCCCCCCCCCCCCCCCCCCCCCC(=O)OC[C@H](COP(=O)(O)OC[C@@H](O)COP(=O)(O)OC[C@@H](COC(=O)CCCCCCCCCCCCCC)OC(=O)CCCCCCCCCCCCC(C)C)OC(=O)CCCCCCCCCCCCCCCCCCCCCCCC. The van der Waals surface area contributed by atoms with Crippen LogP contribution in [-0.4, -0.2) is 96.7 Å². The first kappa shape index (κ1) is 107. The molecular formula is C90H176O17P2. The molecular weight excluding hydrogens is 1410 g/mol. The summed E-state index contributed by atoms with van der Waals surface area (Å²) in [5.74, 6) is -1.34. The number of esters is 4. The van der Waals surface area contributed by atoms with Crippen LogP contribution in [-0.2, 0) is 65.4 Å². The number of unbranched alkanes of at least 4 members (excludes halogenated alkanes) is 62. The Bertz CT molecular complexity index is 2070. The number of hydrogen-bond acceptors (Lipinski definition) is 15. The summed E-state index contributed by atoms with van der Waals surface area (Å²) in [4.78, 5) is 73.3. The average Bonchev–Trinajstić information content (AvgIpc) is 0.899. The molecule has 3 N–H and O–H groups in total. The maximum Gasteiger partial charge on any atom is 0.472 e. The summed E-state index contributed by atoms with van der Waals surface area (Å²) in [6.45, 7) is 7.37. The molecule has 0 bridgehead atoms. The van der Waals surface area contributed by atoms with Crippen LogP contribution in [0, 0.1) is 5.92 Å². The van der Waals surface area contributed by atoms with Gasteiger partial charge in [0, 0.05) is 25.7 Å². The first-order valence-electron chi connectivity index (χ1n) is 46.6. The van der Waals surface area contributed by atoms with Gasteiger partial charge in [-0.05, 0) is 31.6 Å². The molecule has 0 fully saturated rings. The first-order valence-corrected chi connectivity index (χ1v) is 49.6. The van der Waals surface area contributed by atoms with Gasteiger partial charge in [0.25, 0.3) is 0 Å². The highest BCUT2D eigenvalue weighted by atomic mass is 31.2. The monoisotopic (exact) mass is 1590 g/mol. The van der Waals surface area contributed by atoms with E-state index in [-0.39, 0.29) is 25.7 Å². The quantitative estimate of drug-likeness (QED) is 0.0222. The molecule has 19 heteroatoms. The summed E-state index contributed by atoms with van der Waals surface area (Å²) < 4.78 is 69.0. The number of ether oxygens (including phenoxy) is 4. The molecule has 2 unspecified atom stereocenters. The second-order valence-corrected chi connectivity index (χ2v) is 35.7. The van der Waals surface area contributed by atoms with E-state index in [9.17, 15) is 43.2 Å². The molecule has 0 saturated heterocycles. The summed E-state index contributed by atoms with van der Waals surface area (Å²) >= 11 is 0. The van der Waals surface area contributed by atoms with E-state index in [0.717, 1.165) is 95.8 Å². The zero-order chi connectivity index (χ0) is 79.7. The van der Waals surface area contributed by atoms with Crippen molar-refractivity contribution < 1.29 is 80.2 Å². The van der Waals surface area contributed by atoms with Gasteiger partial charge in [-0.25, -0.2) is 9.13 Å². The zero-order valence-electron chi connectivity index (χ0n) is 71.7. The van der Waals surface area contributed by atoms with Gasteiger partial charge in [0.15, 0.2) is 12.2 Å². The smallest absolute Gasteiger partial charge is 0.462 e. The lowest BCUT2D eigenvalue weighted by Gasteiger charge is -2.21. The summed E-state index contributed by atoms with van der Waals surface area (Å²) in [6, 6.07) is 0. The van der Waals surface area contributed by atoms with Gasteiger partial charge in [0.2, 0.25) is 0 Å². The fourth-order valence-electron chi connectivity index (χ4n) is 14.2. The van der Waals surface area contributed by atoms with E-state index in [2.05, 4.69) is 34.6 Å². The average molecular weight is 1590 g/mol. The number of phosphoric ester groups is 2. The second-order valence-electron chi connectivity index (χ2n) is 32.8. The number of phosphoric acid groups is 2. The molecule has 0 aromatic heterocycles. The molecule has 0 spiro atoms. The standard InChI is InChI=1S/C90H176O17P2/c1-6-9-12-15-18-21-24-27-29-31-33-35-37-39-41-43-45-48-54-59-64-69-74-88(93)101-79-85(106-89(94)75-70-65-60-55-49-46-44-42-40-38-36-34-32-30-28-25-22-19-16-13-10-7-2)81-104-108(96,97)102-77-84(91)78-103-109(98,99)105-82-86(80-100-87(92)73-68-63-58-53-47-26-23-20-17-14-11-8-3)107-90(95)76-71-66-61-56-51-50-52-57-62-67-72-83(4)5/h83-86,91H,6-82H2,1-5H3,(H,96,97)(H,98,99)/t84-,85-,86-/m1/s1. The minimum absolute atomic E-state index is 0.107. The van der Waals surface area contributed by atoms with Gasteiger partial charge in [-0.15, -0.1) is 0 Å². The van der Waals surface area contributed by atoms with Crippen LogP contribution in [0.3, 0.4) is 0 Å². The molecule has 5 atom stereocenters. The van der Waals surface area contributed by atoms with Crippen LogP contribution in [0.25, 0.3) is 0 Å². The fourth-order valence-corrected chi connectivity index (χ4v) is 15.8. The molecule has 109 heavy (non-hydrogen) atoms. The van der Waals surface area contributed by atoms with Crippen LogP contribution in [0.15, 0.2) is 0 Å². The Morgan fingerprint density at radius 2 is 0.422 bits per heavy atom. The summed E-state index contributed by atoms with van der Waals surface area (Å²) in [7, 11) is -9.93. The first-order chi connectivity index (χ1) is 53.0. The molecule has 0 aromatic carbocycles. The van der Waals surface area contributed by atoms with Crippen molar-refractivity contribution in [3.63, 3.8) is 0 Å². The minimum Gasteiger partial charge on any atom is -0.462 e. The Morgan fingerprint density at radius 1 is 0.248 bits per heavy atom. The van der Waals surface area contributed by atoms with Crippen LogP contribution in [0.1, 0.15) is 490 Å². The number of aliphatic hydroxyl groups excluding tert-OH is 1. The van der Waals surface area contributed by atoms with Crippen LogP contribution in [0.2, 0.25) is 0 Å². The molecule has 0 aliphatic carbocycles. The van der Waals surface area contributed by atoms with E-state index in [0.29, 0.717) is 25.7 Å². The van der Waals surface area contributed by atoms with E-state index in [1.54, 1.807) is 0 Å². The van der Waals surface area contributed by atoms with Crippen LogP contribution < -0.4 is 0 Å². The van der Waals surface area contributed by atoms with Gasteiger partial charge in [-0.3, -0.25) is 37.3 Å². The summed E-state index contributed by atoms with van der Waals surface area (Å²) in [5, 5.41) is 10.7. The normalized spacial score (nSPS) is 13.7. The van der Waals surface area contributed by atoms with Crippen molar-refractivity contribution in [1.82, 2.24) is 0 Å². The molecule has 0 aliphatic rings. The maximum atomic E-state index is 13.2. The molecule has 0 rings (SSSR count). The fraction of sp³-hybridized carbons (Fsp3) is 0.956. The van der Waals surface area contributed by atoms with Gasteiger partial charge in [-0.2, -0.15) is 0 Å². The molecule has 0 radical (unpaired) electrons. The van der Waals surface area contributed by atoms with Gasteiger partial charge >= 0.3 is 39.5 Å². The van der Waals surface area contributed by atoms with Gasteiger partial charge in [0.05, 0.1) is 26.4 Å². The van der Waals surface area contributed by atoms with Crippen LogP contribution >= 0.6 is 15.6 Å². The van der Waals surface area contributed by atoms with Crippen molar-refractivity contribution >= 4 is 39.5 Å². The van der Waals surface area contributed by atoms with Crippen molar-refractivity contribution in [2.24, 2.45) is 5.92 Å². The van der Waals surface area contributed by atoms with Crippen molar-refractivity contribution in [1.29, 1.82) is 0 Å². The number of rotatable bonds is 90. The van der Waals surface area contributed by atoms with Crippen molar-refractivity contribution in [3.05, 3.63) is 0 Å². The van der Waals surface area contributed by atoms with Crippen molar-refractivity contribution in [2.45, 2.75) is 509 Å². The third kappa shape index (κ3) is 83.8. The van der Waals surface area contributed by atoms with Crippen LogP contribution in [0.5, 0.6) is 0 Å². The number of hydrogen-bond donors (Lipinski definition) is 3. The van der Waals surface area contributed by atoms with Gasteiger partial charge in [0.1, 0.15) is 19.3 Å². The molecule has 17 nitrogen and oxygen atoms in total. The van der Waals surface area contributed by atoms with Crippen molar-refractivity contribution in [2.75, 3.05) is 39.6 Å². The van der Waals surface area contributed by atoms with E-state index < -0.39 is 97.5 Å². The lowest BCUT2D eigenvalue weighted by atomic mass is 10.0. The third-order valence-electron chi connectivity index (χ3n) is 21.3. The highest BCUT2D eigenvalue weighted by molar-refractivity contribution is 7.47. The molecule has 0 aromatic rings. The number of carbonyl (C=O) groups is 4. The van der Waals surface area contributed by atoms with Gasteiger partial charge < -0.3 is 33.8 Å².